The monoisotopic (exact) mass is 861 g/mol. The number of carbonyl (C=O) groups excluding carboxylic acids is 4. The van der Waals surface area contributed by atoms with E-state index in [0.717, 1.165) is 0 Å². The van der Waals surface area contributed by atoms with Gasteiger partial charge in [0.15, 0.2) is 0 Å². The molecular weight excluding hydrogens is 811 g/mol. The van der Waals surface area contributed by atoms with Crippen LogP contribution in [-0.4, -0.2) is 96.4 Å². The molecule has 3 N–H and O–H groups in total. The van der Waals surface area contributed by atoms with E-state index < -0.39 is 93.0 Å². The predicted molar refractivity (Wildman–Crippen MR) is 205 cm³/mol. The van der Waals surface area contributed by atoms with Crippen LogP contribution in [0.5, 0.6) is 11.6 Å². The molecular formula is C38H51ClF3N5O10S. The number of fused-ring (bicyclic) bond motifs is 1. The van der Waals surface area contributed by atoms with Crippen molar-refractivity contribution in [3.05, 3.63) is 29.3 Å². The summed E-state index contributed by atoms with van der Waals surface area (Å²) in [6.45, 7) is 13.7. The van der Waals surface area contributed by atoms with E-state index in [9.17, 15) is 40.8 Å². The van der Waals surface area contributed by atoms with Gasteiger partial charge in [0.1, 0.15) is 35.1 Å². The summed E-state index contributed by atoms with van der Waals surface area (Å²) in [5, 5.41) is 6.16. The van der Waals surface area contributed by atoms with Gasteiger partial charge in [0.05, 0.1) is 35.7 Å². The first-order chi connectivity index (χ1) is 26.7. The van der Waals surface area contributed by atoms with Crippen LogP contribution in [0.15, 0.2) is 24.3 Å². The molecule has 2 saturated carbocycles. The van der Waals surface area contributed by atoms with Crippen molar-refractivity contribution in [1.82, 2.24) is 25.2 Å². The molecule has 5 rings (SSSR count). The summed E-state index contributed by atoms with van der Waals surface area (Å²) in [4.78, 5) is 61.4. The molecule has 4 amide bonds. The number of alkyl halides is 3. The smallest absolute Gasteiger partial charge is 0.408 e. The maximum absolute atomic E-state index is 14.6. The fraction of sp³-hybridized carbons (Fsp3) is 0.658. The fourth-order valence-corrected chi connectivity index (χ4v) is 8.50. The van der Waals surface area contributed by atoms with Crippen molar-refractivity contribution >= 4 is 56.6 Å². The zero-order valence-electron chi connectivity index (χ0n) is 33.7. The molecule has 20 heteroatoms. The molecule has 1 aromatic heterocycles. The van der Waals surface area contributed by atoms with Gasteiger partial charge < -0.3 is 29.7 Å². The second kappa shape index (κ2) is 16.2. The fourth-order valence-electron chi connectivity index (χ4n) is 7.14. The van der Waals surface area contributed by atoms with E-state index in [4.69, 9.17) is 30.0 Å². The summed E-state index contributed by atoms with van der Waals surface area (Å²) >= 11 is 6.48. The summed E-state index contributed by atoms with van der Waals surface area (Å²) in [7, 11) is -5.04. The maximum Gasteiger partial charge on any atom is 0.408 e. The average Bonchev–Trinajstić information content (AvgIpc) is 3.94. The Hall–Kier alpha value is -4.10. The zero-order chi connectivity index (χ0) is 43.2. The number of nitrogens with zero attached hydrogens (tertiary/aromatic N) is 2. The van der Waals surface area contributed by atoms with Crippen molar-refractivity contribution in [3.63, 3.8) is 0 Å². The number of carbonyl (C=O) groups is 4. The van der Waals surface area contributed by atoms with Gasteiger partial charge in [0.25, 0.3) is 5.91 Å². The Balaban J connectivity index is 1.45. The molecule has 0 unspecified atom stereocenters. The number of alkyl carbamates (subject to hydrolysis) is 1. The topological polar surface area (TPSA) is 192 Å². The van der Waals surface area contributed by atoms with E-state index in [2.05, 4.69) is 15.6 Å². The first-order valence-electron chi connectivity index (χ1n) is 19.1. The summed E-state index contributed by atoms with van der Waals surface area (Å²) in [5.74, 6) is -2.75. The number of nitrogens with one attached hydrogen (secondary N) is 3. The number of para-hydroxylation sites is 1. The summed E-state index contributed by atoms with van der Waals surface area (Å²) < 4.78 is 89.4. The lowest BCUT2D eigenvalue weighted by atomic mass is 9.85. The van der Waals surface area contributed by atoms with E-state index in [0.29, 0.717) is 28.1 Å². The number of amides is 4. The Morgan fingerprint density at radius 3 is 2.29 bits per heavy atom. The molecule has 0 radical (unpaired) electrons. The molecule has 2 heterocycles. The first kappa shape index (κ1) is 45.0. The van der Waals surface area contributed by atoms with Crippen LogP contribution in [0, 0.1) is 11.3 Å². The number of aromatic nitrogens is 1. The van der Waals surface area contributed by atoms with Crippen LogP contribution in [0.25, 0.3) is 10.9 Å². The maximum atomic E-state index is 14.6. The number of ether oxygens (including phenoxy) is 3. The molecule has 3 aliphatic rings. The first-order valence-corrected chi connectivity index (χ1v) is 20.8. The molecule has 322 valence electrons. The van der Waals surface area contributed by atoms with Crippen LogP contribution in [0.1, 0.15) is 93.9 Å². The molecule has 2 aromatic rings. The molecule has 1 aromatic carbocycles. The number of hydrogen-bond donors (Lipinski definition) is 3. The number of likely N-dealkylation sites (tertiary alicyclic amines) is 1. The number of pyridine rings is 1. The number of halogens is 4. The lowest BCUT2D eigenvalue weighted by Crippen LogP contribution is -2.60. The van der Waals surface area contributed by atoms with Crippen LogP contribution in [0.2, 0.25) is 5.02 Å². The Labute approximate surface area is 340 Å². The minimum Gasteiger partial charge on any atom is -0.488 e. The Morgan fingerprint density at radius 1 is 1.07 bits per heavy atom. The third-order valence-electron chi connectivity index (χ3n) is 10.1. The van der Waals surface area contributed by atoms with Crippen LogP contribution in [-0.2, 0) is 33.6 Å². The van der Waals surface area contributed by atoms with Crippen molar-refractivity contribution in [2.24, 2.45) is 11.3 Å². The Morgan fingerprint density at radius 2 is 1.74 bits per heavy atom. The van der Waals surface area contributed by atoms with Crippen molar-refractivity contribution in [1.29, 1.82) is 0 Å². The van der Waals surface area contributed by atoms with Crippen LogP contribution < -0.4 is 24.8 Å². The molecule has 0 bridgehead atoms. The van der Waals surface area contributed by atoms with E-state index in [1.165, 1.54) is 4.90 Å². The van der Waals surface area contributed by atoms with Gasteiger partial charge >= 0.3 is 22.6 Å². The van der Waals surface area contributed by atoms with E-state index in [-0.39, 0.29) is 44.7 Å². The van der Waals surface area contributed by atoms with Crippen molar-refractivity contribution in [2.45, 2.75) is 135 Å². The molecule has 1 saturated heterocycles. The van der Waals surface area contributed by atoms with Gasteiger partial charge in [0.2, 0.25) is 17.7 Å². The van der Waals surface area contributed by atoms with Crippen molar-refractivity contribution in [2.75, 3.05) is 13.2 Å². The normalized spacial score (nSPS) is 23.4. The van der Waals surface area contributed by atoms with Gasteiger partial charge in [0, 0.05) is 17.9 Å². The standard InChI is InChI=1S/C38H51ClF3N5O10S/c1-9-21-18-37(21,32(50)46-58(52,53)57-36(14-15-36)20-38(40,41)42)45-30(48)25-16-22(55-26-17-27(54-10-2)43-28-23(26)12-11-13-24(28)39)19-47(25)31(49)29(34(3,4)5)44-33(51)56-35(6,7)8/h11-13,17,21-22,25,29H,9-10,14-16,18-20H2,1-8H3,(H,44,51)(H,45,48)(H,46,50)/t21-,22-,25+,29-,37-/m1/s1. The van der Waals surface area contributed by atoms with Gasteiger partial charge in [-0.3, -0.25) is 14.4 Å². The summed E-state index contributed by atoms with van der Waals surface area (Å²) in [6, 6.07) is 4.09. The van der Waals surface area contributed by atoms with Crippen molar-refractivity contribution in [3.8, 4) is 11.6 Å². The highest BCUT2D eigenvalue weighted by molar-refractivity contribution is 7.85. The molecule has 3 fully saturated rings. The lowest BCUT2D eigenvalue weighted by molar-refractivity contribution is -0.154. The third kappa shape index (κ3) is 10.7. The van der Waals surface area contributed by atoms with Gasteiger partial charge in [-0.2, -0.15) is 21.6 Å². The summed E-state index contributed by atoms with van der Waals surface area (Å²) in [5.41, 5.74) is -5.23. The number of rotatable bonds is 14. The molecule has 5 atom stereocenters. The third-order valence-corrected chi connectivity index (χ3v) is 11.4. The highest BCUT2D eigenvalue weighted by atomic mass is 35.5. The molecule has 58 heavy (non-hydrogen) atoms. The quantitative estimate of drug-likeness (QED) is 0.211. The number of hydrogen-bond acceptors (Lipinski definition) is 11. The highest BCUT2D eigenvalue weighted by Gasteiger charge is 2.63. The van der Waals surface area contributed by atoms with Crippen LogP contribution in [0.4, 0.5) is 18.0 Å². The molecule has 2 aliphatic carbocycles. The second-order valence-corrected chi connectivity index (χ2v) is 18.9. The SMILES string of the molecule is CCOc1cc(O[C@@H]2C[C@@H](C(=O)N[C@]3(C(=O)NS(=O)(=O)OC4(CC(F)(F)F)CC4)C[C@H]3CC)N(C(=O)[C@@H](NC(=O)OC(C)(C)C)C(C)(C)C)C2)c2cccc(Cl)c2n1. The second-order valence-electron chi connectivity index (χ2n) is 17.2. The summed E-state index contributed by atoms with van der Waals surface area (Å²) in [6.07, 6.45) is -8.11. The minimum atomic E-state index is -5.04. The van der Waals surface area contributed by atoms with Crippen LogP contribution in [0.3, 0.4) is 0 Å². The average molecular weight is 862 g/mol. The van der Waals surface area contributed by atoms with Crippen LogP contribution >= 0.6 is 11.6 Å². The Kier molecular flexibility index (Phi) is 12.5. The minimum absolute atomic E-state index is 0.000330. The van der Waals surface area contributed by atoms with Gasteiger partial charge in [-0.05, 0) is 70.4 Å². The zero-order valence-corrected chi connectivity index (χ0v) is 35.2. The van der Waals surface area contributed by atoms with E-state index >= 15 is 0 Å². The predicted octanol–water partition coefficient (Wildman–Crippen LogP) is 5.72. The lowest BCUT2D eigenvalue weighted by Gasteiger charge is -2.36. The van der Waals surface area contributed by atoms with Crippen molar-refractivity contribution < 1.29 is 59.2 Å². The van der Waals surface area contributed by atoms with Gasteiger partial charge in [-0.1, -0.05) is 51.8 Å². The Bertz CT molecular complexity index is 2040. The number of benzene rings is 1. The van der Waals surface area contributed by atoms with E-state index in [1.807, 2.05) is 0 Å². The van der Waals surface area contributed by atoms with Gasteiger partial charge in [-0.15, -0.1) is 0 Å². The molecule has 15 nitrogen and oxygen atoms in total. The highest BCUT2D eigenvalue weighted by Crippen LogP contribution is 2.50. The van der Waals surface area contributed by atoms with E-state index in [1.54, 1.807) is 84.4 Å². The molecule has 0 spiro atoms. The molecule has 1 aliphatic heterocycles. The largest absolute Gasteiger partial charge is 0.488 e. The van der Waals surface area contributed by atoms with Gasteiger partial charge in [-0.25, -0.2) is 18.7 Å².